The fraction of sp³-hybridized carbons (Fsp3) is 0.0625. The molecule has 0 aliphatic rings. The highest BCUT2D eigenvalue weighted by Crippen LogP contribution is 2.37. The molecule has 1 aromatic heterocycles. The van der Waals surface area contributed by atoms with Crippen LogP contribution >= 0.6 is 27.3 Å². The third-order valence-corrected chi connectivity index (χ3v) is 4.76. The number of nitrogen functional groups attached to an aromatic ring is 1. The molecular formula is C16H12BrNO3S. The molecule has 0 amide bonds. The smallest absolute Gasteiger partial charge is 0.348 e. The van der Waals surface area contributed by atoms with Crippen LogP contribution in [0.15, 0.2) is 46.9 Å². The predicted molar refractivity (Wildman–Crippen MR) is 91.8 cm³/mol. The van der Waals surface area contributed by atoms with Gasteiger partial charge in [0.25, 0.3) is 0 Å². The lowest BCUT2D eigenvalue weighted by atomic mass is 10.2. The van der Waals surface area contributed by atoms with Gasteiger partial charge in [0.2, 0.25) is 0 Å². The first kappa shape index (κ1) is 14.9. The number of carbonyl (C=O) groups is 1. The Morgan fingerprint density at radius 3 is 2.59 bits per heavy atom. The number of carbonyl (C=O) groups excluding carboxylic acids is 1. The van der Waals surface area contributed by atoms with E-state index in [2.05, 4.69) is 15.9 Å². The number of methoxy groups -OCH3 is 1. The highest BCUT2D eigenvalue weighted by molar-refractivity contribution is 9.10. The first-order valence-corrected chi connectivity index (χ1v) is 8.02. The number of hydrogen-bond acceptors (Lipinski definition) is 5. The van der Waals surface area contributed by atoms with E-state index >= 15 is 0 Å². The van der Waals surface area contributed by atoms with E-state index in [9.17, 15) is 4.79 Å². The number of fused-ring (bicyclic) bond motifs is 1. The maximum absolute atomic E-state index is 11.6. The van der Waals surface area contributed by atoms with Gasteiger partial charge in [0.05, 0.1) is 11.6 Å². The Hall–Kier alpha value is -2.05. The minimum Gasteiger partial charge on any atom is -0.465 e. The summed E-state index contributed by atoms with van der Waals surface area (Å²) in [5.74, 6) is 1.03. The number of halogens is 1. The summed E-state index contributed by atoms with van der Waals surface area (Å²) in [5, 5.41) is 0.930. The summed E-state index contributed by atoms with van der Waals surface area (Å²) in [4.78, 5) is 12.2. The number of nitrogens with two attached hydrogens (primary N) is 1. The van der Waals surface area contributed by atoms with Crippen molar-refractivity contribution in [1.29, 1.82) is 0 Å². The van der Waals surface area contributed by atoms with Gasteiger partial charge in [-0.05, 0) is 63.8 Å². The standard InChI is InChI=1S/C16H12BrNO3S/c1-20-16(19)15-7-9-6-13(12(17)8-14(9)22-15)21-11-4-2-10(18)3-5-11/h2-8H,18H2,1H3. The van der Waals surface area contributed by atoms with E-state index in [4.69, 9.17) is 15.2 Å². The molecule has 0 bridgehead atoms. The van der Waals surface area contributed by atoms with Gasteiger partial charge in [-0.2, -0.15) is 0 Å². The summed E-state index contributed by atoms with van der Waals surface area (Å²) in [7, 11) is 1.37. The zero-order chi connectivity index (χ0) is 15.7. The van der Waals surface area contributed by atoms with Crippen LogP contribution in [0.2, 0.25) is 0 Å². The van der Waals surface area contributed by atoms with Crippen molar-refractivity contribution in [3.8, 4) is 11.5 Å². The molecule has 0 aliphatic carbocycles. The molecule has 0 aliphatic heterocycles. The van der Waals surface area contributed by atoms with Crippen LogP contribution in [-0.4, -0.2) is 13.1 Å². The SMILES string of the molecule is COC(=O)c1cc2cc(Oc3ccc(N)cc3)c(Br)cc2s1. The second-order valence-corrected chi connectivity index (χ2v) is 6.53. The van der Waals surface area contributed by atoms with Crippen molar-refractivity contribution in [3.63, 3.8) is 0 Å². The van der Waals surface area contributed by atoms with Crippen LogP contribution in [0, 0.1) is 0 Å². The van der Waals surface area contributed by atoms with Gasteiger partial charge in [0.1, 0.15) is 16.4 Å². The molecule has 0 saturated heterocycles. The molecule has 4 nitrogen and oxygen atoms in total. The number of hydrogen-bond donors (Lipinski definition) is 1. The zero-order valence-electron chi connectivity index (χ0n) is 11.6. The molecule has 0 unspecified atom stereocenters. The van der Waals surface area contributed by atoms with Crippen molar-refractivity contribution in [1.82, 2.24) is 0 Å². The van der Waals surface area contributed by atoms with Crippen LogP contribution in [0.4, 0.5) is 5.69 Å². The predicted octanol–water partition coefficient (Wildman–Crippen LogP) is 4.82. The molecule has 0 fully saturated rings. The third kappa shape index (κ3) is 2.93. The molecule has 0 saturated carbocycles. The van der Waals surface area contributed by atoms with Gasteiger partial charge in [0.15, 0.2) is 0 Å². The average Bonchev–Trinajstić information content (AvgIpc) is 2.91. The zero-order valence-corrected chi connectivity index (χ0v) is 14.0. The van der Waals surface area contributed by atoms with Crippen LogP contribution in [0.5, 0.6) is 11.5 Å². The normalized spacial score (nSPS) is 10.6. The molecule has 22 heavy (non-hydrogen) atoms. The largest absolute Gasteiger partial charge is 0.465 e. The minimum atomic E-state index is -0.335. The molecule has 3 rings (SSSR count). The summed E-state index contributed by atoms with van der Waals surface area (Å²) in [6.45, 7) is 0. The molecule has 112 valence electrons. The fourth-order valence-electron chi connectivity index (χ4n) is 1.98. The van der Waals surface area contributed by atoms with Crippen molar-refractivity contribution in [2.24, 2.45) is 0 Å². The van der Waals surface area contributed by atoms with E-state index in [1.165, 1.54) is 18.4 Å². The van der Waals surface area contributed by atoms with Gasteiger partial charge in [0, 0.05) is 10.4 Å². The molecule has 0 spiro atoms. The van der Waals surface area contributed by atoms with Gasteiger partial charge in [-0.25, -0.2) is 4.79 Å². The van der Waals surface area contributed by atoms with Gasteiger partial charge in [-0.3, -0.25) is 0 Å². The molecule has 0 atom stereocenters. The molecule has 2 aromatic carbocycles. The summed E-state index contributed by atoms with van der Waals surface area (Å²) >= 11 is 4.88. The number of esters is 1. The molecule has 2 N–H and O–H groups in total. The Bertz CT molecular complexity index is 842. The van der Waals surface area contributed by atoms with E-state index in [0.717, 1.165) is 14.6 Å². The lowest BCUT2D eigenvalue weighted by Crippen LogP contribution is -1.96. The Morgan fingerprint density at radius 1 is 1.18 bits per heavy atom. The van der Waals surface area contributed by atoms with Crippen LogP contribution in [0.3, 0.4) is 0 Å². The number of benzene rings is 2. The molecule has 6 heteroatoms. The topological polar surface area (TPSA) is 61.5 Å². The Morgan fingerprint density at radius 2 is 1.91 bits per heavy atom. The first-order valence-electron chi connectivity index (χ1n) is 6.41. The highest BCUT2D eigenvalue weighted by atomic mass is 79.9. The average molecular weight is 378 g/mol. The maximum Gasteiger partial charge on any atom is 0.348 e. The monoisotopic (exact) mass is 377 g/mol. The third-order valence-electron chi connectivity index (χ3n) is 3.07. The lowest BCUT2D eigenvalue weighted by molar-refractivity contribution is 0.0606. The first-order chi connectivity index (χ1) is 10.6. The lowest BCUT2D eigenvalue weighted by Gasteiger charge is -2.08. The summed E-state index contributed by atoms with van der Waals surface area (Å²) in [5.41, 5.74) is 6.34. The van der Waals surface area contributed by atoms with Crippen molar-refractivity contribution in [3.05, 3.63) is 51.8 Å². The van der Waals surface area contributed by atoms with Gasteiger partial charge in [-0.1, -0.05) is 0 Å². The van der Waals surface area contributed by atoms with Crippen LogP contribution in [-0.2, 0) is 4.74 Å². The second kappa shape index (κ2) is 5.98. The Balaban J connectivity index is 1.97. The quantitative estimate of drug-likeness (QED) is 0.524. The van der Waals surface area contributed by atoms with Gasteiger partial charge in [-0.15, -0.1) is 11.3 Å². The second-order valence-electron chi connectivity index (χ2n) is 4.59. The number of ether oxygens (including phenoxy) is 2. The van der Waals surface area contributed by atoms with Crippen molar-refractivity contribution in [2.45, 2.75) is 0 Å². The van der Waals surface area contributed by atoms with E-state index < -0.39 is 0 Å². The number of rotatable bonds is 3. The fourth-order valence-corrected chi connectivity index (χ4v) is 3.56. The van der Waals surface area contributed by atoms with Crippen molar-refractivity contribution < 1.29 is 14.3 Å². The van der Waals surface area contributed by atoms with E-state index in [1.807, 2.05) is 12.1 Å². The van der Waals surface area contributed by atoms with E-state index in [1.54, 1.807) is 30.3 Å². The molecule has 0 radical (unpaired) electrons. The van der Waals surface area contributed by atoms with Crippen molar-refractivity contribution in [2.75, 3.05) is 12.8 Å². The molecule has 1 heterocycles. The highest BCUT2D eigenvalue weighted by Gasteiger charge is 2.13. The summed E-state index contributed by atoms with van der Waals surface area (Å²) in [6.07, 6.45) is 0. The summed E-state index contributed by atoms with van der Waals surface area (Å²) in [6, 6.07) is 12.8. The number of anilines is 1. The number of thiophene rings is 1. The Kier molecular flexibility index (Phi) is 4.04. The van der Waals surface area contributed by atoms with Crippen molar-refractivity contribution >= 4 is 49.0 Å². The maximum atomic E-state index is 11.6. The van der Waals surface area contributed by atoms with Crippen LogP contribution in [0.1, 0.15) is 9.67 Å². The van der Waals surface area contributed by atoms with Crippen LogP contribution in [0.25, 0.3) is 10.1 Å². The van der Waals surface area contributed by atoms with E-state index in [-0.39, 0.29) is 5.97 Å². The molecular weight excluding hydrogens is 366 g/mol. The van der Waals surface area contributed by atoms with Gasteiger partial charge >= 0.3 is 5.97 Å². The minimum absolute atomic E-state index is 0.335. The van der Waals surface area contributed by atoms with E-state index in [0.29, 0.717) is 22.1 Å². The Labute approximate surface area is 139 Å². The van der Waals surface area contributed by atoms with Gasteiger partial charge < -0.3 is 15.2 Å². The molecule has 3 aromatic rings. The summed E-state index contributed by atoms with van der Waals surface area (Å²) < 4.78 is 12.4. The van der Waals surface area contributed by atoms with Crippen LogP contribution < -0.4 is 10.5 Å².